The van der Waals surface area contributed by atoms with E-state index in [9.17, 15) is 14.0 Å². The first kappa shape index (κ1) is 21.6. The second-order valence-electron chi connectivity index (χ2n) is 7.36. The summed E-state index contributed by atoms with van der Waals surface area (Å²) in [7, 11) is 0. The highest BCUT2D eigenvalue weighted by molar-refractivity contribution is 5.81. The van der Waals surface area contributed by atoms with Gasteiger partial charge in [-0.25, -0.2) is 4.39 Å². The molecule has 0 saturated carbocycles. The molecule has 1 fully saturated rings. The summed E-state index contributed by atoms with van der Waals surface area (Å²) in [6.45, 7) is 5.29. The Morgan fingerprint density at radius 3 is 2.43 bits per heavy atom. The number of piperidine rings is 1. The molecule has 0 aromatic heterocycles. The molecule has 0 bridgehead atoms. The van der Waals surface area contributed by atoms with E-state index in [4.69, 9.17) is 4.74 Å². The van der Waals surface area contributed by atoms with Gasteiger partial charge in [0.05, 0.1) is 0 Å². The van der Waals surface area contributed by atoms with Crippen LogP contribution in [0.1, 0.15) is 18.4 Å². The molecule has 1 saturated heterocycles. The summed E-state index contributed by atoms with van der Waals surface area (Å²) in [5.41, 5.74) is 0.485. The number of benzene rings is 2. The monoisotopic (exact) mass is 410 g/mol. The van der Waals surface area contributed by atoms with Crippen LogP contribution in [-0.4, -0.2) is 47.9 Å². The Kier molecular flexibility index (Phi) is 7.60. The summed E-state index contributed by atoms with van der Waals surface area (Å²) in [5.74, 6) is 0.0444. The van der Waals surface area contributed by atoms with Gasteiger partial charge in [0.2, 0.25) is 5.91 Å². The molecule has 1 aliphatic heterocycles. The van der Waals surface area contributed by atoms with Crippen molar-refractivity contribution in [2.75, 3.05) is 26.2 Å². The Balaban J connectivity index is 1.52. The number of nitrogens with zero attached hydrogens (tertiary/aromatic N) is 2. The van der Waals surface area contributed by atoms with Gasteiger partial charge >= 0.3 is 0 Å². The van der Waals surface area contributed by atoms with Crippen molar-refractivity contribution in [2.45, 2.75) is 19.4 Å². The molecule has 2 amide bonds. The van der Waals surface area contributed by atoms with E-state index in [1.165, 1.54) is 6.07 Å². The van der Waals surface area contributed by atoms with Gasteiger partial charge in [0, 0.05) is 37.7 Å². The summed E-state index contributed by atoms with van der Waals surface area (Å²) in [5, 5.41) is 0. The summed E-state index contributed by atoms with van der Waals surface area (Å²) in [6.07, 6.45) is 2.82. The molecule has 0 spiro atoms. The van der Waals surface area contributed by atoms with E-state index in [0.717, 1.165) is 0 Å². The summed E-state index contributed by atoms with van der Waals surface area (Å²) >= 11 is 0. The average Bonchev–Trinajstić information content (AvgIpc) is 2.79. The van der Waals surface area contributed by atoms with Crippen LogP contribution >= 0.6 is 0 Å². The van der Waals surface area contributed by atoms with E-state index < -0.39 is 0 Å². The van der Waals surface area contributed by atoms with Crippen LogP contribution in [-0.2, 0) is 16.1 Å². The molecule has 0 radical (unpaired) electrons. The van der Waals surface area contributed by atoms with Crippen molar-refractivity contribution in [1.82, 2.24) is 9.80 Å². The van der Waals surface area contributed by atoms with Crippen molar-refractivity contribution in [2.24, 2.45) is 5.92 Å². The van der Waals surface area contributed by atoms with Crippen LogP contribution < -0.4 is 4.74 Å². The largest absolute Gasteiger partial charge is 0.484 e. The minimum absolute atomic E-state index is 0.0154. The lowest BCUT2D eigenvalue weighted by atomic mass is 9.95. The zero-order valence-corrected chi connectivity index (χ0v) is 17.0. The number of amides is 2. The fourth-order valence-corrected chi connectivity index (χ4v) is 3.61. The van der Waals surface area contributed by atoms with Crippen molar-refractivity contribution in [3.8, 4) is 5.75 Å². The molecule has 1 aliphatic rings. The Bertz CT molecular complexity index is 864. The van der Waals surface area contributed by atoms with E-state index >= 15 is 0 Å². The fraction of sp³-hybridized carbons (Fsp3) is 0.333. The van der Waals surface area contributed by atoms with Gasteiger partial charge in [-0.1, -0.05) is 42.5 Å². The lowest BCUT2D eigenvalue weighted by molar-refractivity contribution is -0.141. The average molecular weight is 410 g/mol. The zero-order chi connectivity index (χ0) is 21.3. The number of halogens is 1. The Morgan fingerprint density at radius 1 is 1.10 bits per heavy atom. The number of carbonyl (C=O) groups excluding carboxylic acids is 2. The van der Waals surface area contributed by atoms with Crippen LogP contribution in [0.2, 0.25) is 0 Å². The van der Waals surface area contributed by atoms with Gasteiger partial charge < -0.3 is 14.5 Å². The third-order valence-electron chi connectivity index (χ3n) is 5.28. The molecule has 0 atom stereocenters. The van der Waals surface area contributed by atoms with E-state index in [-0.39, 0.29) is 36.7 Å². The molecule has 5 nitrogen and oxygen atoms in total. The number of rotatable bonds is 8. The van der Waals surface area contributed by atoms with Gasteiger partial charge in [-0.3, -0.25) is 9.59 Å². The number of hydrogen-bond donors (Lipinski definition) is 0. The quantitative estimate of drug-likeness (QED) is 0.624. The van der Waals surface area contributed by atoms with Crippen LogP contribution in [0.15, 0.2) is 67.3 Å². The minimum atomic E-state index is -0.321. The van der Waals surface area contributed by atoms with Gasteiger partial charge in [-0.05, 0) is 31.0 Å². The summed E-state index contributed by atoms with van der Waals surface area (Å²) < 4.78 is 19.5. The van der Waals surface area contributed by atoms with Crippen molar-refractivity contribution in [3.05, 3.63) is 78.6 Å². The molecule has 6 heteroatoms. The molecule has 2 aromatic carbocycles. The second-order valence-corrected chi connectivity index (χ2v) is 7.36. The molecule has 0 unspecified atom stereocenters. The highest BCUT2D eigenvalue weighted by Crippen LogP contribution is 2.22. The maximum absolute atomic E-state index is 14.0. The molecule has 0 aliphatic carbocycles. The minimum Gasteiger partial charge on any atom is -0.484 e. The number of carbonyl (C=O) groups is 2. The predicted octanol–water partition coefficient (Wildman–Crippen LogP) is 3.66. The molecule has 30 heavy (non-hydrogen) atoms. The van der Waals surface area contributed by atoms with Crippen LogP contribution in [0, 0.1) is 11.7 Å². The SMILES string of the molecule is C=CCN(Cc1ccccc1F)C(=O)C1CCN(C(=O)COc2ccccc2)CC1. The summed E-state index contributed by atoms with van der Waals surface area (Å²) in [4.78, 5) is 28.8. The van der Waals surface area contributed by atoms with E-state index in [0.29, 0.717) is 43.8 Å². The molecular weight excluding hydrogens is 383 g/mol. The highest BCUT2D eigenvalue weighted by Gasteiger charge is 2.30. The molecular formula is C24H27FN2O3. The third-order valence-corrected chi connectivity index (χ3v) is 5.28. The highest BCUT2D eigenvalue weighted by atomic mass is 19.1. The Morgan fingerprint density at radius 2 is 1.77 bits per heavy atom. The number of likely N-dealkylation sites (tertiary alicyclic amines) is 1. The molecule has 1 heterocycles. The molecule has 0 N–H and O–H groups in total. The van der Waals surface area contributed by atoms with Crippen molar-refractivity contribution in [3.63, 3.8) is 0 Å². The first-order chi connectivity index (χ1) is 14.6. The first-order valence-corrected chi connectivity index (χ1v) is 10.2. The van der Waals surface area contributed by atoms with Gasteiger partial charge in [0.1, 0.15) is 11.6 Å². The molecule has 158 valence electrons. The van der Waals surface area contributed by atoms with Crippen LogP contribution in [0.3, 0.4) is 0 Å². The number of ether oxygens (including phenoxy) is 1. The van der Waals surface area contributed by atoms with Crippen molar-refractivity contribution >= 4 is 11.8 Å². The fourth-order valence-electron chi connectivity index (χ4n) is 3.61. The second kappa shape index (κ2) is 10.6. The third kappa shape index (κ3) is 5.69. The molecule has 2 aromatic rings. The van der Waals surface area contributed by atoms with Crippen LogP contribution in [0.4, 0.5) is 4.39 Å². The first-order valence-electron chi connectivity index (χ1n) is 10.2. The van der Waals surface area contributed by atoms with Crippen molar-refractivity contribution < 1.29 is 18.7 Å². The van der Waals surface area contributed by atoms with E-state index in [2.05, 4.69) is 6.58 Å². The maximum atomic E-state index is 14.0. The standard InChI is InChI=1S/C24H27FN2O3/c1-2-14-27(17-20-8-6-7-11-22(20)25)24(29)19-12-15-26(16-13-19)23(28)18-30-21-9-4-3-5-10-21/h2-11,19H,1,12-18H2. The normalized spacial score (nSPS) is 14.2. The zero-order valence-electron chi connectivity index (χ0n) is 17.0. The summed E-state index contributed by atoms with van der Waals surface area (Å²) in [6, 6.07) is 15.7. The lowest BCUT2D eigenvalue weighted by Gasteiger charge is -2.34. The van der Waals surface area contributed by atoms with Gasteiger partial charge in [-0.2, -0.15) is 0 Å². The van der Waals surface area contributed by atoms with Crippen LogP contribution in [0.25, 0.3) is 0 Å². The number of para-hydroxylation sites is 1. The van der Waals surface area contributed by atoms with E-state index in [1.54, 1.807) is 34.1 Å². The lowest BCUT2D eigenvalue weighted by Crippen LogP contribution is -2.45. The van der Waals surface area contributed by atoms with Gasteiger partial charge in [0.15, 0.2) is 6.61 Å². The number of hydrogen-bond acceptors (Lipinski definition) is 3. The topological polar surface area (TPSA) is 49.9 Å². The van der Waals surface area contributed by atoms with E-state index in [1.807, 2.05) is 30.3 Å². The van der Waals surface area contributed by atoms with Crippen molar-refractivity contribution in [1.29, 1.82) is 0 Å². The smallest absolute Gasteiger partial charge is 0.260 e. The molecule has 3 rings (SSSR count). The predicted molar refractivity (Wildman–Crippen MR) is 113 cm³/mol. The van der Waals surface area contributed by atoms with Gasteiger partial charge in [0.25, 0.3) is 5.91 Å². The Hall–Kier alpha value is -3.15. The maximum Gasteiger partial charge on any atom is 0.260 e. The van der Waals surface area contributed by atoms with Gasteiger partial charge in [-0.15, -0.1) is 6.58 Å². The Labute approximate surface area is 176 Å². The van der Waals surface area contributed by atoms with Crippen LogP contribution in [0.5, 0.6) is 5.75 Å².